The summed E-state index contributed by atoms with van der Waals surface area (Å²) in [5.74, 6) is -0.0753. The minimum atomic E-state index is -0.784. The number of carbonyl (C=O) groups is 1. The molecule has 1 saturated carbocycles. The zero-order valence-electron chi connectivity index (χ0n) is 13.4. The predicted octanol–water partition coefficient (Wildman–Crippen LogP) is 2.92. The molecule has 2 N–H and O–H groups in total. The maximum Gasteiger partial charge on any atom is 0.223 e. The third kappa shape index (κ3) is 5.11. The van der Waals surface area contributed by atoms with Crippen LogP contribution in [0.2, 0.25) is 0 Å². The second kappa shape index (κ2) is 8.30. The number of nitrogens with one attached hydrogen (secondary N) is 1. The van der Waals surface area contributed by atoms with Crippen molar-refractivity contribution in [3.05, 3.63) is 35.4 Å². The molecular weight excluding hydrogens is 278 g/mol. The van der Waals surface area contributed by atoms with Crippen LogP contribution in [0.3, 0.4) is 0 Å². The number of aliphatic hydroxyl groups is 1. The van der Waals surface area contributed by atoms with Gasteiger partial charge in [-0.3, -0.25) is 4.79 Å². The minimum absolute atomic E-state index is 0.0753. The van der Waals surface area contributed by atoms with Crippen molar-refractivity contribution in [2.45, 2.75) is 64.2 Å². The van der Waals surface area contributed by atoms with Crippen molar-refractivity contribution >= 4 is 5.91 Å². The van der Waals surface area contributed by atoms with Gasteiger partial charge in [0.15, 0.2) is 0 Å². The molecule has 0 bridgehead atoms. The van der Waals surface area contributed by atoms with E-state index in [1.807, 2.05) is 24.3 Å². The van der Waals surface area contributed by atoms with Crippen molar-refractivity contribution in [1.82, 2.24) is 5.32 Å². The number of rotatable bonds is 8. The zero-order chi connectivity index (χ0) is 15.8. The number of hydrogen-bond acceptors (Lipinski definition) is 3. The Hall–Kier alpha value is -1.39. The molecule has 0 unspecified atom stereocenters. The van der Waals surface area contributed by atoms with Crippen LogP contribution in [0.4, 0.5) is 0 Å². The molecule has 1 aromatic rings. The highest BCUT2D eigenvalue weighted by Gasteiger charge is 2.33. The summed E-state index contributed by atoms with van der Waals surface area (Å²) in [6.45, 7) is 3.89. The molecule has 0 aliphatic heterocycles. The van der Waals surface area contributed by atoms with Gasteiger partial charge in [0.2, 0.25) is 5.91 Å². The first kappa shape index (κ1) is 17.0. The minimum Gasteiger partial charge on any atom is -0.389 e. The van der Waals surface area contributed by atoms with Crippen LogP contribution in [0.5, 0.6) is 0 Å². The summed E-state index contributed by atoms with van der Waals surface area (Å²) in [4.78, 5) is 12.0. The lowest BCUT2D eigenvalue weighted by atomic mass is 9.97. The van der Waals surface area contributed by atoms with Gasteiger partial charge >= 0.3 is 0 Å². The molecule has 0 radical (unpaired) electrons. The topological polar surface area (TPSA) is 58.6 Å². The molecule has 1 aliphatic rings. The van der Waals surface area contributed by atoms with Gasteiger partial charge in [-0.15, -0.1) is 0 Å². The lowest BCUT2D eigenvalue weighted by Crippen LogP contribution is -2.34. The quantitative estimate of drug-likeness (QED) is 0.726. The fraction of sp³-hybridized carbons (Fsp3) is 0.611. The lowest BCUT2D eigenvalue weighted by molar-refractivity contribution is -0.126. The number of carbonyl (C=O) groups excluding carboxylic acids is 1. The van der Waals surface area contributed by atoms with E-state index < -0.39 is 5.60 Å². The number of amides is 1. The van der Waals surface area contributed by atoms with Gasteiger partial charge in [0.05, 0.1) is 18.6 Å². The van der Waals surface area contributed by atoms with Crippen LogP contribution in [0.1, 0.15) is 56.6 Å². The predicted molar refractivity (Wildman–Crippen MR) is 86.3 cm³/mol. The summed E-state index contributed by atoms with van der Waals surface area (Å²) in [5, 5.41) is 13.2. The molecule has 1 aliphatic carbocycles. The fourth-order valence-electron chi connectivity index (χ4n) is 2.96. The summed E-state index contributed by atoms with van der Waals surface area (Å²) in [7, 11) is 0. The third-order valence-electron chi connectivity index (χ3n) is 4.22. The van der Waals surface area contributed by atoms with Crippen molar-refractivity contribution in [1.29, 1.82) is 0 Å². The number of benzene rings is 1. The van der Waals surface area contributed by atoms with Crippen LogP contribution in [0, 0.1) is 0 Å². The largest absolute Gasteiger partial charge is 0.389 e. The van der Waals surface area contributed by atoms with Gasteiger partial charge < -0.3 is 15.2 Å². The number of ether oxygens (including phenoxy) is 1. The highest BCUT2D eigenvalue weighted by atomic mass is 16.5. The molecule has 122 valence electrons. The van der Waals surface area contributed by atoms with Gasteiger partial charge in [0.1, 0.15) is 0 Å². The Morgan fingerprint density at radius 3 is 2.64 bits per heavy atom. The molecule has 4 heteroatoms. The maximum atomic E-state index is 12.0. The molecule has 22 heavy (non-hydrogen) atoms. The van der Waals surface area contributed by atoms with Crippen molar-refractivity contribution in [3.63, 3.8) is 0 Å². The summed E-state index contributed by atoms with van der Waals surface area (Å²) >= 11 is 0. The van der Waals surface area contributed by atoms with E-state index in [0.29, 0.717) is 13.2 Å². The summed E-state index contributed by atoms with van der Waals surface area (Å²) in [6, 6.07) is 7.99. The monoisotopic (exact) mass is 305 g/mol. The van der Waals surface area contributed by atoms with E-state index in [1.165, 1.54) is 0 Å². The van der Waals surface area contributed by atoms with E-state index >= 15 is 0 Å². The van der Waals surface area contributed by atoms with E-state index in [9.17, 15) is 9.90 Å². The van der Waals surface area contributed by atoms with Crippen molar-refractivity contribution in [3.8, 4) is 0 Å². The molecular formula is C18H27NO3. The summed E-state index contributed by atoms with van der Waals surface area (Å²) in [6.07, 6.45) is 4.71. The SMILES string of the molecule is CCCOCc1ccccc1CNC(=O)CC1(O)CCCC1. The second-order valence-corrected chi connectivity index (χ2v) is 6.21. The van der Waals surface area contributed by atoms with E-state index in [2.05, 4.69) is 12.2 Å². The van der Waals surface area contributed by atoms with Crippen molar-refractivity contribution < 1.29 is 14.6 Å². The van der Waals surface area contributed by atoms with Gasteiger partial charge in [0.25, 0.3) is 0 Å². The molecule has 0 heterocycles. The highest BCUT2D eigenvalue weighted by molar-refractivity contribution is 5.77. The molecule has 1 amide bonds. The molecule has 2 rings (SSSR count). The molecule has 4 nitrogen and oxygen atoms in total. The lowest BCUT2D eigenvalue weighted by Gasteiger charge is -2.21. The first-order valence-corrected chi connectivity index (χ1v) is 8.26. The van der Waals surface area contributed by atoms with Crippen LogP contribution in [-0.2, 0) is 22.7 Å². The smallest absolute Gasteiger partial charge is 0.223 e. The van der Waals surface area contributed by atoms with E-state index in [0.717, 1.165) is 49.8 Å². The third-order valence-corrected chi connectivity index (χ3v) is 4.22. The Morgan fingerprint density at radius 2 is 1.95 bits per heavy atom. The van der Waals surface area contributed by atoms with Gasteiger partial charge in [-0.05, 0) is 30.4 Å². The highest BCUT2D eigenvalue weighted by Crippen LogP contribution is 2.32. The summed E-state index contributed by atoms with van der Waals surface area (Å²) < 4.78 is 5.59. The Kier molecular flexibility index (Phi) is 6.40. The standard InChI is InChI=1S/C18H27NO3/c1-2-11-22-14-16-8-4-3-7-15(16)13-19-17(20)12-18(21)9-5-6-10-18/h3-4,7-8,21H,2,5-6,9-14H2,1H3,(H,19,20). The van der Waals surface area contributed by atoms with Gasteiger partial charge in [-0.2, -0.15) is 0 Å². The fourth-order valence-corrected chi connectivity index (χ4v) is 2.96. The average Bonchev–Trinajstić information content (AvgIpc) is 2.93. The molecule has 0 saturated heterocycles. The van der Waals surface area contributed by atoms with E-state index in [1.54, 1.807) is 0 Å². The van der Waals surface area contributed by atoms with Crippen LogP contribution in [0.15, 0.2) is 24.3 Å². The van der Waals surface area contributed by atoms with Crippen LogP contribution >= 0.6 is 0 Å². The van der Waals surface area contributed by atoms with Crippen molar-refractivity contribution in [2.75, 3.05) is 6.61 Å². The molecule has 0 aromatic heterocycles. The maximum absolute atomic E-state index is 12.0. The normalized spacial score (nSPS) is 16.6. The Labute approximate surface area is 132 Å². The Balaban J connectivity index is 1.84. The van der Waals surface area contributed by atoms with Gasteiger partial charge in [0, 0.05) is 13.2 Å². The molecule has 1 aromatic carbocycles. The molecule has 0 spiro atoms. The first-order chi connectivity index (χ1) is 10.6. The van der Waals surface area contributed by atoms with Crippen LogP contribution in [0.25, 0.3) is 0 Å². The van der Waals surface area contributed by atoms with E-state index in [-0.39, 0.29) is 12.3 Å². The van der Waals surface area contributed by atoms with Crippen molar-refractivity contribution in [2.24, 2.45) is 0 Å². The van der Waals surface area contributed by atoms with Gasteiger partial charge in [-0.1, -0.05) is 44.0 Å². The first-order valence-electron chi connectivity index (χ1n) is 8.26. The van der Waals surface area contributed by atoms with E-state index in [4.69, 9.17) is 4.74 Å². The Bertz CT molecular complexity index is 481. The zero-order valence-corrected chi connectivity index (χ0v) is 13.4. The average molecular weight is 305 g/mol. The van der Waals surface area contributed by atoms with Gasteiger partial charge in [-0.25, -0.2) is 0 Å². The van der Waals surface area contributed by atoms with Crippen LogP contribution < -0.4 is 5.32 Å². The molecule has 1 fully saturated rings. The second-order valence-electron chi connectivity index (χ2n) is 6.21. The summed E-state index contributed by atoms with van der Waals surface area (Å²) in [5.41, 5.74) is 1.40. The van der Waals surface area contributed by atoms with Crippen LogP contribution in [-0.4, -0.2) is 23.2 Å². The Morgan fingerprint density at radius 1 is 1.27 bits per heavy atom. The number of hydrogen-bond donors (Lipinski definition) is 2. The molecule has 0 atom stereocenters.